The molecular weight excluding hydrogens is 238 g/mol. The minimum Gasteiger partial charge on any atom is -0.457 e. The van der Waals surface area contributed by atoms with Crippen LogP contribution in [0.15, 0.2) is 30.3 Å². The number of hydrogen-bond donors (Lipinski definition) is 0. The Morgan fingerprint density at radius 2 is 2.11 bits per heavy atom. The highest BCUT2D eigenvalue weighted by molar-refractivity contribution is 5.69. The second-order valence-corrected chi connectivity index (χ2v) is 5.12. The molecule has 1 aliphatic rings. The van der Waals surface area contributed by atoms with Gasteiger partial charge in [-0.05, 0) is 25.1 Å². The molecule has 0 N–H and O–H groups in total. The molecule has 1 saturated heterocycles. The lowest BCUT2D eigenvalue weighted by Gasteiger charge is -2.24. The van der Waals surface area contributed by atoms with Crippen LogP contribution in [0.3, 0.4) is 0 Å². The van der Waals surface area contributed by atoms with Gasteiger partial charge in [-0.25, -0.2) is 0 Å². The van der Waals surface area contributed by atoms with E-state index in [0.717, 1.165) is 31.6 Å². The minimum absolute atomic E-state index is 0.0924. The summed E-state index contributed by atoms with van der Waals surface area (Å²) in [7, 11) is 0. The number of esters is 1. The maximum absolute atomic E-state index is 11.7. The van der Waals surface area contributed by atoms with Gasteiger partial charge >= 0.3 is 5.97 Å². The van der Waals surface area contributed by atoms with Gasteiger partial charge in [0.15, 0.2) is 0 Å². The zero-order valence-corrected chi connectivity index (χ0v) is 11.8. The first-order chi connectivity index (χ1) is 9.24. The third-order valence-electron chi connectivity index (χ3n) is 3.86. The largest absolute Gasteiger partial charge is 0.457 e. The quantitative estimate of drug-likeness (QED) is 0.763. The van der Waals surface area contributed by atoms with Crippen molar-refractivity contribution in [1.82, 2.24) is 4.90 Å². The summed E-state index contributed by atoms with van der Waals surface area (Å²) in [6.45, 7) is 7.22. The Balaban J connectivity index is 2.13. The highest BCUT2D eigenvalue weighted by Crippen LogP contribution is 2.33. The molecule has 0 saturated carbocycles. The number of nitrogens with zero attached hydrogens (tertiary/aromatic N) is 1. The van der Waals surface area contributed by atoms with Gasteiger partial charge in [0.2, 0.25) is 0 Å². The Morgan fingerprint density at radius 3 is 2.68 bits per heavy atom. The summed E-state index contributed by atoms with van der Waals surface area (Å²) < 4.78 is 5.70. The van der Waals surface area contributed by atoms with Crippen LogP contribution >= 0.6 is 0 Å². The van der Waals surface area contributed by atoms with E-state index in [0.29, 0.717) is 12.3 Å². The topological polar surface area (TPSA) is 29.5 Å². The van der Waals surface area contributed by atoms with Gasteiger partial charge in [-0.15, -0.1) is 0 Å². The van der Waals surface area contributed by atoms with Crippen molar-refractivity contribution >= 4 is 5.97 Å². The lowest BCUT2D eigenvalue weighted by Crippen LogP contribution is -2.24. The van der Waals surface area contributed by atoms with E-state index in [4.69, 9.17) is 4.74 Å². The predicted octanol–water partition coefficient (Wildman–Crippen LogP) is 3.02. The Kier molecular flexibility index (Phi) is 4.97. The number of benzene rings is 1. The number of carbonyl (C=O) groups is 1. The second-order valence-electron chi connectivity index (χ2n) is 5.12. The van der Waals surface area contributed by atoms with Gasteiger partial charge in [-0.2, -0.15) is 0 Å². The fraction of sp³-hybridized carbons (Fsp3) is 0.562. The molecule has 104 valence electrons. The molecule has 0 bridgehead atoms. The number of hydrogen-bond acceptors (Lipinski definition) is 3. The van der Waals surface area contributed by atoms with E-state index in [1.54, 1.807) is 0 Å². The van der Waals surface area contributed by atoms with Gasteiger partial charge in [0.05, 0.1) is 0 Å². The maximum atomic E-state index is 11.7. The number of rotatable bonds is 5. The minimum atomic E-state index is -0.108. The third kappa shape index (κ3) is 3.57. The van der Waals surface area contributed by atoms with Crippen LogP contribution in [0.5, 0.6) is 0 Å². The number of likely N-dealkylation sites (tertiary alicyclic amines) is 1. The van der Waals surface area contributed by atoms with Crippen molar-refractivity contribution in [2.45, 2.75) is 32.8 Å². The van der Waals surface area contributed by atoms with Crippen LogP contribution < -0.4 is 0 Å². The monoisotopic (exact) mass is 261 g/mol. The maximum Gasteiger partial charge on any atom is 0.306 e. The van der Waals surface area contributed by atoms with Crippen LogP contribution in [-0.4, -0.2) is 30.5 Å². The van der Waals surface area contributed by atoms with E-state index in [1.165, 1.54) is 0 Å². The summed E-state index contributed by atoms with van der Waals surface area (Å²) >= 11 is 0. The van der Waals surface area contributed by atoms with Crippen LogP contribution in [-0.2, 0) is 9.53 Å². The normalized spacial score (nSPS) is 21.3. The molecule has 3 nitrogen and oxygen atoms in total. The van der Waals surface area contributed by atoms with Gasteiger partial charge < -0.3 is 9.64 Å². The van der Waals surface area contributed by atoms with E-state index in [2.05, 4.69) is 24.0 Å². The average Bonchev–Trinajstić information content (AvgIpc) is 2.94. The Morgan fingerprint density at radius 1 is 1.37 bits per heavy atom. The molecule has 3 heteroatoms. The summed E-state index contributed by atoms with van der Waals surface area (Å²) in [6, 6.07) is 10.1. The first-order valence-electron chi connectivity index (χ1n) is 7.21. The molecular formula is C16H23NO2. The second kappa shape index (κ2) is 6.71. The molecule has 1 fully saturated rings. The number of ether oxygens (including phenoxy) is 1. The lowest BCUT2D eigenvalue weighted by molar-refractivity contribution is -0.151. The van der Waals surface area contributed by atoms with Crippen molar-refractivity contribution in [3.8, 4) is 0 Å². The van der Waals surface area contributed by atoms with Gasteiger partial charge in [0.25, 0.3) is 0 Å². The molecule has 19 heavy (non-hydrogen) atoms. The molecule has 0 aliphatic carbocycles. The molecule has 1 aliphatic heterocycles. The van der Waals surface area contributed by atoms with Crippen LogP contribution in [0.1, 0.15) is 38.4 Å². The van der Waals surface area contributed by atoms with E-state index in [1.807, 2.05) is 25.1 Å². The molecule has 1 aromatic carbocycles. The van der Waals surface area contributed by atoms with Crippen molar-refractivity contribution in [1.29, 1.82) is 0 Å². The van der Waals surface area contributed by atoms with Gasteiger partial charge in [-0.3, -0.25) is 4.79 Å². The van der Waals surface area contributed by atoms with Gasteiger partial charge in [-0.1, -0.05) is 44.2 Å². The molecule has 1 aromatic rings. The zero-order valence-electron chi connectivity index (χ0n) is 11.8. The Bertz CT molecular complexity index is 404. The first-order valence-corrected chi connectivity index (χ1v) is 7.21. The van der Waals surface area contributed by atoms with E-state index in [9.17, 15) is 4.79 Å². The van der Waals surface area contributed by atoms with Crippen molar-refractivity contribution in [3.05, 3.63) is 35.9 Å². The number of carbonyl (C=O) groups excluding carboxylic acids is 1. The Hall–Kier alpha value is -1.35. The van der Waals surface area contributed by atoms with Crippen molar-refractivity contribution in [2.75, 3.05) is 19.6 Å². The smallest absolute Gasteiger partial charge is 0.306 e. The highest BCUT2D eigenvalue weighted by atomic mass is 16.5. The molecule has 2 atom stereocenters. The van der Waals surface area contributed by atoms with E-state index < -0.39 is 0 Å². The molecule has 0 aromatic heterocycles. The summed E-state index contributed by atoms with van der Waals surface area (Å²) in [5.41, 5.74) is 1.12. The predicted molar refractivity (Wildman–Crippen MR) is 75.8 cm³/mol. The van der Waals surface area contributed by atoms with Crippen molar-refractivity contribution in [3.63, 3.8) is 0 Å². The fourth-order valence-electron chi connectivity index (χ4n) is 2.70. The summed E-state index contributed by atoms with van der Waals surface area (Å²) in [5, 5.41) is 0. The van der Waals surface area contributed by atoms with Crippen LogP contribution in [0.25, 0.3) is 0 Å². The lowest BCUT2D eigenvalue weighted by atomic mass is 9.95. The van der Waals surface area contributed by atoms with Crippen molar-refractivity contribution in [2.24, 2.45) is 5.92 Å². The molecule has 0 amide bonds. The highest BCUT2D eigenvalue weighted by Gasteiger charge is 2.32. The van der Waals surface area contributed by atoms with Crippen LogP contribution in [0.4, 0.5) is 0 Å². The summed E-state index contributed by atoms with van der Waals surface area (Å²) in [5.74, 6) is 0.307. The zero-order chi connectivity index (χ0) is 13.7. The first kappa shape index (κ1) is 14.1. The van der Waals surface area contributed by atoms with E-state index in [-0.39, 0.29) is 12.1 Å². The van der Waals surface area contributed by atoms with Gasteiger partial charge in [0, 0.05) is 18.9 Å². The van der Waals surface area contributed by atoms with Crippen molar-refractivity contribution < 1.29 is 9.53 Å². The SMILES string of the molecule is CCC(=O)OC(c1ccccc1)C1CCN(CC)C1. The molecule has 0 radical (unpaired) electrons. The third-order valence-corrected chi connectivity index (χ3v) is 3.86. The summed E-state index contributed by atoms with van der Waals surface area (Å²) in [4.78, 5) is 14.1. The summed E-state index contributed by atoms with van der Waals surface area (Å²) in [6.07, 6.45) is 1.45. The molecule has 0 spiro atoms. The Labute approximate surface area is 115 Å². The molecule has 2 rings (SSSR count). The van der Waals surface area contributed by atoms with Crippen LogP contribution in [0, 0.1) is 5.92 Å². The molecule has 1 heterocycles. The van der Waals surface area contributed by atoms with E-state index >= 15 is 0 Å². The van der Waals surface area contributed by atoms with Crippen LogP contribution in [0.2, 0.25) is 0 Å². The standard InChI is InChI=1S/C16H23NO2/c1-3-15(18)19-16(13-8-6-5-7-9-13)14-10-11-17(4-2)12-14/h5-9,14,16H,3-4,10-12H2,1-2H3. The van der Waals surface area contributed by atoms with Gasteiger partial charge in [0.1, 0.15) is 6.10 Å². The molecule has 2 unspecified atom stereocenters. The average molecular weight is 261 g/mol. The fourth-order valence-corrected chi connectivity index (χ4v) is 2.70.